The fourth-order valence-corrected chi connectivity index (χ4v) is 2.12. The SMILES string of the molecule is CC(C)CCC(N)c1cccc(Br)c1Cl. The van der Waals surface area contributed by atoms with E-state index in [4.69, 9.17) is 17.3 Å². The molecule has 0 fully saturated rings. The van der Waals surface area contributed by atoms with Crippen molar-refractivity contribution in [2.45, 2.75) is 32.7 Å². The zero-order valence-corrected chi connectivity index (χ0v) is 11.5. The maximum atomic E-state index is 6.18. The highest BCUT2D eigenvalue weighted by Gasteiger charge is 2.12. The van der Waals surface area contributed by atoms with Gasteiger partial charge in [0, 0.05) is 10.5 Å². The van der Waals surface area contributed by atoms with E-state index in [-0.39, 0.29) is 6.04 Å². The summed E-state index contributed by atoms with van der Waals surface area (Å²) in [7, 11) is 0. The number of benzene rings is 1. The molecule has 1 unspecified atom stereocenters. The summed E-state index contributed by atoms with van der Waals surface area (Å²) in [6.07, 6.45) is 2.11. The van der Waals surface area contributed by atoms with Gasteiger partial charge in [-0.3, -0.25) is 0 Å². The Labute approximate surface area is 105 Å². The molecule has 1 nitrogen and oxygen atoms in total. The van der Waals surface area contributed by atoms with Crippen LogP contribution in [0.2, 0.25) is 5.02 Å². The summed E-state index contributed by atoms with van der Waals surface area (Å²) in [4.78, 5) is 0. The molecule has 84 valence electrons. The first-order chi connectivity index (χ1) is 7.02. The van der Waals surface area contributed by atoms with E-state index in [1.54, 1.807) is 0 Å². The molecule has 0 aliphatic rings. The Morgan fingerprint density at radius 1 is 1.33 bits per heavy atom. The molecule has 0 saturated carbocycles. The third kappa shape index (κ3) is 3.78. The van der Waals surface area contributed by atoms with E-state index >= 15 is 0 Å². The maximum Gasteiger partial charge on any atom is 0.0595 e. The van der Waals surface area contributed by atoms with Crippen LogP contribution in [0.3, 0.4) is 0 Å². The van der Waals surface area contributed by atoms with Crippen molar-refractivity contribution in [1.29, 1.82) is 0 Å². The molecule has 0 spiro atoms. The van der Waals surface area contributed by atoms with Gasteiger partial charge in [-0.1, -0.05) is 37.6 Å². The zero-order chi connectivity index (χ0) is 11.4. The Kier molecular flexibility index (Phi) is 5.10. The lowest BCUT2D eigenvalue weighted by molar-refractivity contribution is 0.507. The van der Waals surface area contributed by atoms with Crippen molar-refractivity contribution in [1.82, 2.24) is 0 Å². The van der Waals surface area contributed by atoms with Crippen molar-refractivity contribution >= 4 is 27.5 Å². The van der Waals surface area contributed by atoms with E-state index in [0.717, 1.165) is 27.9 Å². The fraction of sp³-hybridized carbons (Fsp3) is 0.500. The molecule has 15 heavy (non-hydrogen) atoms. The topological polar surface area (TPSA) is 26.0 Å². The third-order valence-corrected chi connectivity index (χ3v) is 3.75. The normalized spacial score (nSPS) is 13.2. The van der Waals surface area contributed by atoms with Gasteiger partial charge in [0.25, 0.3) is 0 Å². The molecule has 1 atom stereocenters. The van der Waals surface area contributed by atoms with Crippen molar-refractivity contribution in [3.8, 4) is 0 Å². The van der Waals surface area contributed by atoms with Gasteiger partial charge in [-0.2, -0.15) is 0 Å². The highest BCUT2D eigenvalue weighted by atomic mass is 79.9. The van der Waals surface area contributed by atoms with E-state index in [0.29, 0.717) is 5.92 Å². The maximum absolute atomic E-state index is 6.18. The van der Waals surface area contributed by atoms with Crippen LogP contribution in [-0.2, 0) is 0 Å². The highest BCUT2D eigenvalue weighted by Crippen LogP contribution is 2.31. The van der Waals surface area contributed by atoms with Gasteiger partial charge in [0.1, 0.15) is 0 Å². The van der Waals surface area contributed by atoms with Gasteiger partial charge in [-0.15, -0.1) is 0 Å². The van der Waals surface area contributed by atoms with Gasteiger partial charge < -0.3 is 5.73 Å². The van der Waals surface area contributed by atoms with E-state index in [1.165, 1.54) is 0 Å². The Hall–Kier alpha value is -0.0500. The van der Waals surface area contributed by atoms with Gasteiger partial charge in [-0.05, 0) is 46.3 Å². The monoisotopic (exact) mass is 289 g/mol. The minimum atomic E-state index is 0.0393. The van der Waals surface area contributed by atoms with Crippen LogP contribution in [0, 0.1) is 5.92 Å². The van der Waals surface area contributed by atoms with E-state index < -0.39 is 0 Å². The lowest BCUT2D eigenvalue weighted by Gasteiger charge is -2.15. The molecule has 0 saturated heterocycles. The van der Waals surface area contributed by atoms with Crippen LogP contribution >= 0.6 is 27.5 Å². The van der Waals surface area contributed by atoms with Gasteiger partial charge in [0.05, 0.1) is 5.02 Å². The Morgan fingerprint density at radius 3 is 2.60 bits per heavy atom. The van der Waals surface area contributed by atoms with Crippen LogP contribution in [0.15, 0.2) is 22.7 Å². The fourth-order valence-electron chi connectivity index (χ4n) is 1.48. The van der Waals surface area contributed by atoms with E-state index in [1.807, 2.05) is 18.2 Å². The van der Waals surface area contributed by atoms with Gasteiger partial charge >= 0.3 is 0 Å². The minimum Gasteiger partial charge on any atom is -0.324 e. The van der Waals surface area contributed by atoms with Crippen molar-refractivity contribution in [3.05, 3.63) is 33.3 Å². The second kappa shape index (κ2) is 5.88. The van der Waals surface area contributed by atoms with Crippen molar-refractivity contribution in [3.63, 3.8) is 0 Å². The molecule has 1 aromatic carbocycles. The van der Waals surface area contributed by atoms with Crippen molar-refractivity contribution in [2.75, 3.05) is 0 Å². The number of halogens is 2. The summed E-state index contributed by atoms with van der Waals surface area (Å²) in [6, 6.07) is 5.94. The first-order valence-corrected chi connectivity index (χ1v) is 6.39. The molecule has 0 aromatic heterocycles. The Balaban J connectivity index is 2.73. The van der Waals surface area contributed by atoms with Crippen LogP contribution in [0.5, 0.6) is 0 Å². The first-order valence-electron chi connectivity index (χ1n) is 5.22. The minimum absolute atomic E-state index is 0.0393. The molecular weight excluding hydrogens is 273 g/mol. The smallest absolute Gasteiger partial charge is 0.0595 e. The number of hydrogen-bond donors (Lipinski definition) is 1. The molecule has 0 aliphatic carbocycles. The average molecular weight is 291 g/mol. The van der Waals surface area contributed by atoms with E-state index in [2.05, 4.69) is 29.8 Å². The van der Waals surface area contributed by atoms with Gasteiger partial charge in [-0.25, -0.2) is 0 Å². The first kappa shape index (κ1) is 13.0. The standard InChI is InChI=1S/C12H17BrClN/c1-8(2)6-7-11(15)9-4-3-5-10(13)12(9)14/h3-5,8,11H,6-7,15H2,1-2H3. The largest absolute Gasteiger partial charge is 0.324 e. The van der Waals surface area contributed by atoms with Crippen LogP contribution in [0.1, 0.15) is 38.3 Å². The lowest BCUT2D eigenvalue weighted by Crippen LogP contribution is -2.11. The molecule has 0 amide bonds. The summed E-state index contributed by atoms with van der Waals surface area (Å²) < 4.78 is 0.918. The highest BCUT2D eigenvalue weighted by molar-refractivity contribution is 9.10. The Bertz CT molecular complexity index is 325. The van der Waals surface area contributed by atoms with Crippen LogP contribution in [-0.4, -0.2) is 0 Å². The second-order valence-electron chi connectivity index (χ2n) is 4.22. The van der Waals surface area contributed by atoms with Crippen LogP contribution in [0.25, 0.3) is 0 Å². The van der Waals surface area contributed by atoms with Gasteiger partial charge in [0.15, 0.2) is 0 Å². The summed E-state index contributed by atoms with van der Waals surface area (Å²) in [5, 5.41) is 0.744. The predicted molar refractivity (Wildman–Crippen MR) is 70.2 cm³/mol. The number of hydrogen-bond acceptors (Lipinski definition) is 1. The second-order valence-corrected chi connectivity index (χ2v) is 5.45. The molecule has 1 rings (SSSR count). The molecular formula is C12H17BrClN. The molecule has 0 bridgehead atoms. The number of rotatable bonds is 4. The molecule has 0 heterocycles. The molecule has 0 aliphatic heterocycles. The molecule has 0 radical (unpaired) electrons. The number of nitrogens with two attached hydrogens (primary N) is 1. The quantitative estimate of drug-likeness (QED) is 0.865. The van der Waals surface area contributed by atoms with Crippen LogP contribution < -0.4 is 5.73 Å². The van der Waals surface area contributed by atoms with Gasteiger partial charge in [0.2, 0.25) is 0 Å². The summed E-state index contributed by atoms with van der Waals surface area (Å²) >= 11 is 9.58. The summed E-state index contributed by atoms with van der Waals surface area (Å²) in [6.45, 7) is 4.41. The lowest BCUT2D eigenvalue weighted by atomic mass is 9.98. The predicted octanol–water partition coefficient (Wildman–Crippen LogP) is 4.54. The van der Waals surface area contributed by atoms with Crippen molar-refractivity contribution in [2.24, 2.45) is 11.7 Å². The average Bonchev–Trinajstić information content (AvgIpc) is 2.18. The molecule has 2 N–H and O–H groups in total. The van der Waals surface area contributed by atoms with Crippen LogP contribution in [0.4, 0.5) is 0 Å². The zero-order valence-electron chi connectivity index (χ0n) is 9.13. The summed E-state index contributed by atoms with van der Waals surface area (Å²) in [5.74, 6) is 0.682. The third-order valence-electron chi connectivity index (χ3n) is 2.44. The Morgan fingerprint density at radius 2 is 2.00 bits per heavy atom. The molecule has 3 heteroatoms. The molecule has 1 aromatic rings. The van der Waals surface area contributed by atoms with E-state index in [9.17, 15) is 0 Å². The summed E-state index contributed by atoms with van der Waals surface area (Å²) in [5.41, 5.74) is 7.14. The van der Waals surface area contributed by atoms with Crippen molar-refractivity contribution < 1.29 is 0 Å².